The fourth-order valence-electron chi connectivity index (χ4n) is 7.31. The van der Waals surface area contributed by atoms with Crippen LogP contribution >= 0.6 is 15.6 Å². The monoisotopic (exact) mass is 1070 g/mol. The first-order chi connectivity index (χ1) is 34.9. The summed E-state index contributed by atoms with van der Waals surface area (Å²) < 4.78 is 56.6. The summed E-state index contributed by atoms with van der Waals surface area (Å²) in [6.45, 7) is 4.11. The first-order valence-electron chi connectivity index (χ1n) is 25.9. The van der Waals surface area contributed by atoms with Crippen LogP contribution in [-0.4, -0.2) is 96.9 Å². The second kappa shape index (κ2) is 38.7. The van der Waals surface area contributed by atoms with Gasteiger partial charge in [-0.1, -0.05) is 171 Å². The molecule has 19 nitrogen and oxygen atoms in total. The van der Waals surface area contributed by atoms with E-state index in [2.05, 4.69) is 72.6 Å². The lowest BCUT2D eigenvalue weighted by molar-refractivity contribution is -0.161. The average Bonchev–Trinajstić information content (AvgIpc) is 3.61. The number of unbranched alkanes of at least 4 members (excludes halogenated alkanes) is 11. The van der Waals surface area contributed by atoms with Gasteiger partial charge in [-0.05, 0) is 56.9 Å². The van der Waals surface area contributed by atoms with E-state index in [-0.39, 0.29) is 25.1 Å². The van der Waals surface area contributed by atoms with Gasteiger partial charge in [-0.15, -0.1) is 0 Å². The highest BCUT2D eigenvalue weighted by Gasteiger charge is 2.46. The summed E-state index contributed by atoms with van der Waals surface area (Å²) in [7, 11) is -11.0. The van der Waals surface area contributed by atoms with Gasteiger partial charge >= 0.3 is 33.3 Å². The molecular weight excluding hydrogens is 985 g/mol. The maximum atomic E-state index is 12.9. The maximum Gasteiger partial charge on any atom is 0.481 e. The van der Waals surface area contributed by atoms with Gasteiger partial charge in [-0.25, -0.2) is 13.9 Å². The Kier molecular flexibility index (Phi) is 34.6. The van der Waals surface area contributed by atoms with Gasteiger partial charge in [-0.2, -0.15) is 9.29 Å². The Morgan fingerprint density at radius 3 is 1.86 bits per heavy atom. The lowest BCUT2D eigenvalue weighted by atomic mass is 10.0. The van der Waals surface area contributed by atoms with Crippen LogP contribution in [0.2, 0.25) is 0 Å². The quantitative estimate of drug-likeness (QED) is 0.0117. The van der Waals surface area contributed by atoms with Gasteiger partial charge < -0.3 is 45.1 Å². The van der Waals surface area contributed by atoms with Gasteiger partial charge in [0.1, 0.15) is 30.7 Å². The van der Waals surface area contributed by atoms with Crippen LogP contribution in [-0.2, 0) is 46.3 Å². The molecule has 2 heterocycles. The van der Waals surface area contributed by atoms with E-state index in [1.165, 1.54) is 63.5 Å². The van der Waals surface area contributed by atoms with Gasteiger partial charge in [0.2, 0.25) is 0 Å². The number of aromatic nitrogens is 2. The molecule has 8 atom stereocenters. The molecule has 0 bridgehead atoms. The fraction of sp³-hybridized carbons (Fsp3) is 0.654. The second-order valence-electron chi connectivity index (χ2n) is 18.3. The molecule has 0 spiro atoms. The average molecular weight is 1070 g/mol. The summed E-state index contributed by atoms with van der Waals surface area (Å²) in [4.78, 5) is 62.0. The number of carbonyl (C=O) groups is 2. The number of nitrogen functional groups attached to an aromatic ring is 1. The Labute approximate surface area is 432 Å². The van der Waals surface area contributed by atoms with Crippen molar-refractivity contribution in [2.24, 2.45) is 5.92 Å². The Bertz CT molecular complexity index is 2040. The SMILES string of the molecule is CC/C=C\C/C=C\C/C=C\C/C=C\C/C=C\C=C/C(O)CCC(=O)O[C@H](COC(=O)CCCCCCCCCCCCCCC(C)C)COP(=O)(O)OP(=O)(O)OC[C@H]1O[C@@H](n2ccc(N)nc2=O)[C@H](O)[C@@H]1O. The molecule has 0 aromatic carbocycles. The second-order valence-corrected chi connectivity index (χ2v) is 21.4. The number of nitrogens with two attached hydrogens (primary N) is 1. The van der Waals surface area contributed by atoms with Gasteiger partial charge in [0.25, 0.3) is 0 Å². The molecule has 1 fully saturated rings. The number of carbonyl (C=O) groups excluding carboxylic acids is 2. The van der Waals surface area contributed by atoms with Crippen molar-refractivity contribution in [2.75, 3.05) is 25.6 Å². The fourth-order valence-corrected chi connectivity index (χ4v) is 9.42. The molecule has 7 N–H and O–H groups in total. The number of hydrogen-bond donors (Lipinski definition) is 6. The predicted octanol–water partition coefficient (Wildman–Crippen LogP) is 9.72. The van der Waals surface area contributed by atoms with Crippen LogP contribution in [0.1, 0.15) is 162 Å². The van der Waals surface area contributed by atoms with E-state index in [1.54, 1.807) is 12.2 Å². The number of ether oxygens (including phenoxy) is 3. The number of phosphoric acid groups is 2. The Morgan fingerprint density at radius 2 is 1.29 bits per heavy atom. The van der Waals surface area contributed by atoms with E-state index >= 15 is 0 Å². The molecule has 3 unspecified atom stereocenters. The highest BCUT2D eigenvalue weighted by Crippen LogP contribution is 2.60. The highest BCUT2D eigenvalue weighted by molar-refractivity contribution is 7.61. The Hall–Kier alpha value is -3.84. The third-order valence-corrected chi connectivity index (χ3v) is 14.0. The van der Waals surface area contributed by atoms with Crippen molar-refractivity contribution in [2.45, 2.75) is 192 Å². The smallest absolute Gasteiger partial charge is 0.462 e. The van der Waals surface area contributed by atoms with Crippen molar-refractivity contribution in [3.05, 3.63) is 95.7 Å². The zero-order valence-corrected chi connectivity index (χ0v) is 45.0. The molecule has 1 aromatic heterocycles. The van der Waals surface area contributed by atoms with Crippen LogP contribution in [0.15, 0.2) is 90.0 Å². The molecule has 73 heavy (non-hydrogen) atoms. The highest BCUT2D eigenvalue weighted by atomic mass is 31.3. The predicted molar refractivity (Wildman–Crippen MR) is 281 cm³/mol. The molecule has 1 aliphatic heterocycles. The zero-order valence-electron chi connectivity index (χ0n) is 43.2. The largest absolute Gasteiger partial charge is 0.481 e. The number of phosphoric ester groups is 2. The summed E-state index contributed by atoms with van der Waals surface area (Å²) >= 11 is 0. The van der Waals surface area contributed by atoms with E-state index in [0.29, 0.717) is 12.8 Å². The third-order valence-electron chi connectivity index (χ3n) is 11.4. The van der Waals surface area contributed by atoms with Gasteiger partial charge in [0, 0.05) is 19.0 Å². The number of allylic oxidation sites excluding steroid dienone is 11. The molecule has 1 saturated heterocycles. The first kappa shape index (κ1) is 65.3. The summed E-state index contributed by atoms with van der Waals surface area (Å²) in [6.07, 6.45) is 34.6. The topological polar surface area (TPSA) is 286 Å². The lowest BCUT2D eigenvalue weighted by Gasteiger charge is -2.21. The molecule has 1 aliphatic rings. The van der Waals surface area contributed by atoms with E-state index in [9.17, 15) is 48.6 Å². The van der Waals surface area contributed by atoms with E-state index < -0.39 is 89.8 Å². The van der Waals surface area contributed by atoms with Crippen LogP contribution in [0.3, 0.4) is 0 Å². The van der Waals surface area contributed by atoms with Crippen LogP contribution < -0.4 is 11.4 Å². The molecule has 0 radical (unpaired) electrons. The molecular formula is C52H85N3O16P2. The molecule has 0 saturated carbocycles. The van der Waals surface area contributed by atoms with Crippen LogP contribution in [0.4, 0.5) is 5.82 Å². The Balaban J connectivity index is 1.86. The van der Waals surface area contributed by atoms with Crippen molar-refractivity contribution < 1.29 is 71.4 Å². The van der Waals surface area contributed by atoms with E-state index in [0.717, 1.165) is 68.0 Å². The minimum Gasteiger partial charge on any atom is -0.462 e. The number of hydrogen-bond acceptors (Lipinski definition) is 16. The van der Waals surface area contributed by atoms with Crippen molar-refractivity contribution in [3.8, 4) is 0 Å². The number of aliphatic hydroxyl groups excluding tert-OH is 3. The van der Waals surface area contributed by atoms with Crippen molar-refractivity contribution in [1.29, 1.82) is 0 Å². The summed E-state index contributed by atoms with van der Waals surface area (Å²) in [6, 6.07) is 1.23. The van der Waals surface area contributed by atoms with Gasteiger partial charge in [-0.3, -0.25) is 23.2 Å². The third kappa shape index (κ3) is 32.3. The minimum absolute atomic E-state index is 0.0522. The number of nitrogens with zero attached hydrogens (tertiary/aromatic N) is 2. The number of rotatable bonds is 41. The van der Waals surface area contributed by atoms with Crippen LogP contribution in [0.25, 0.3) is 0 Å². The van der Waals surface area contributed by atoms with Crippen molar-refractivity contribution in [3.63, 3.8) is 0 Å². The minimum atomic E-state index is -5.49. The maximum absolute atomic E-state index is 12.9. The zero-order chi connectivity index (χ0) is 53.7. The molecule has 0 aliphatic carbocycles. The summed E-state index contributed by atoms with van der Waals surface area (Å²) in [5.74, 6) is -0.827. The van der Waals surface area contributed by atoms with E-state index in [1.807, 2.05) is 12.2 Å². The lowest BCUT2D eigenvalue weighted by Crippen LogP contribution is -2.36. The van der Waals surface area contributed by atoms with Crippen molar-refractivity contribution in [1.82, 2.24) is 9.55 Å². The molecule has 2 rings (SSSR count). The standard InChI is InChI=1S/C52H85N3O16P2/c1-4-5-6-7-8-9-10-11-12-13-14-18-21-24-27-30-33-43(56)35-36-48(58)69-44(39-66-47(57)34-31-28-25-22-19-16-15-17-20-23-26-29-32-42(2)3)40-67-72(62,63)71-73(64,65)68-41-45-49(59)50(60)51(70-45)55-38-37-46(53)54-52(55)61/h5-6,8-9,11-12,14,18,24,27,30,33,37-38,42-45,49-51,56,59-60H,4,7,10,13,15-17,19-23,25-26,28-29,31-32,34-36,39-41H2,1-3H3,(H,62,63)(H,64,65)(H2,53,54,61)/b6-5-,9-8-,12-11-,18-14-,27-24-,33-30-/t43?,44-,45-,49-,50-,51-/m1/s1. The van der Waals surface area contributed by atoms with Crippen LogP contribution in [0.5, 0.6) is 0 Å². The molecule has 414 valence electrons. The molecule has 0 amide bonds. The summed E-state index contributed by atoms with van der Waals surface area (Å²) in [5.41, 5.74) is 4.57. The number of aliphatic hydroxyl groups is 3. The van der Waals surface area contributed by atoms with Gasteiger partial charge in [0.15, 0.2) is 12.3 Å². The van der Waals surface area contributed by atoms with E-state index in [4.69, 9.17) is 29.0 Å². The van der Waals surface area contributed by atoms with Crippen molar-refractivity contribution >= 4 is 33.4 Å². The molecule has 21 heteroatoms. The number of anilines is 1. The first-order valence-corrected chi connectivity index (χ1v) is 28.9. The Morgan fingerprint density at radius 1 is 0.740 bits per heavy atom. The van der Waals surface area contributed by atoms with Gasteiger partial charge in [0.05, 0.1) is 19.3 Å². The normalized spacial score (nSPS) is 20.1. The number of esters is 2. The molecule has 1 aromatic rings. The summed E-state index contributed by atoms with van der Waals surface area (Å²) in [5, 5.41) is 31.4. The van der Waals surface area contributed by atoms with Crippen LogP contribution in [0, 0.1) is 5.92 Å².